The lowest BCUT2D eigenvalue weighted by molar-refractivity contribution is -0.376. The van der Waals surface area contributed by atoms with Gasteiger partial charge in [-0.25, -0.2) is 4.79 Å². The Balaban J connectivity index is 1.44. The number of hydrogen-bond acceptors (Lipinski definition) is 8. The van der Waals surface area contributed by atoms with Crippen LogP contribution in [-0.4, -0.2) is 57.7 Å². The van der Waals surface area contributed by atoms with Crippen molar-refractivity contribution < 1.29 is 60.0 Å². The average molecular weight is 774 g/mol. The van der Waals surface area contributed by atoms with E-state index in [1.165, 1.54) is 37.4 Å². The number of benzene rings is 3. The first-order valence-electron chi connectivity index (χ1n) is 17.1. The largest absolute Gasteiger partial charge is 0.489 e. The van der Waals surface area contributed by atoms with Crippen LogP contribution in [-0.2, 0) is 29.0 Å². The minimum absolute atomic E-state index is 0.00912. The third-order valence-electron chi connectivity index (χ3n) is 8.73. The van der Waals surface area contributed by atoms with Gasteiger partial charge in [0.25, 0.3) is 11.5 Å². The van der Waals surface area contributed by atoms with Crippen LogP contribution in [0.15, 0.2) is 85.1 Å². The Labute approximate surface area is 312 Å². The molecule has 10 nitrogen and oxygen atoms in total. The molecule has 3 aromatic carbocycles. The van der Waals surface area contributed by atoms with Gasteiger partial charge in [0, 0.05) is 11.6 Å². The highest BCUT2D eigenvalue weighted by atomic mass is 19.4. The molecule has 1 unspecified atom stereocenters. The standard InChI is InChI=1S/C39H37F6N3O7/c1-5-9-25-18-26(37(52,38(40,41)42)39(43,44)45)12-16-31(25)55-27-13-15-29(32(19-27)53-22-24-10-7-6-8-11-24)30(49)21-48-34(50)36(4,47-35(48)51)33-17-14-28(20-46-33)54-23(2)3/h6-8,10-20,23,52H,5,9,21-22H2,1-4H3,(H,47,51). The minimum atomic E-state index is -6.07. The Bertz CT molecular complexity index is 2020. The van der Waals surface area contributed by atoms with Gasteiger partial charge in [-0.05, 0) is 74.7 Å². The number of urea groups is 1. The van der Waals surface area contributed by atoms with E-state index in [1.807, 2.05) is 13.8 Å². The summed E-state index contributed by atoms with van der Waals surface area (Å²) in [5.41, 5.74) is -7.36. The van der Waals surface area contributed by atoms with E-state index in [0.29, 0.717) is 29.9 Å². The molecule has 1 aliphatic rings. The van der Waals surface area contributed by atoms with Crippen molar-refractivity contribution in [2.24, 2.45) is 0 Å². The first-order chi connectivity index (χ1) is 25.8. The topological polar surface area (TPSA) is 127 Å². The van der Waals surface area contributed by atoms with E-state index < -0.39 is 53.3 Å². The molecule has 16 heteroatoms. The van der Waals surface area contributed by atoms with Crippen LogP contribution in [0.1, 0.15) is 66.9 Å². The molecule has 1 saturated heterocycles. The van der Waals surface area contributed by atoms with Crippen molar-refractivity contribution in [2.45, 2.75) is 76.7 Å². The zero-order chi connectivity index (χ0) is 40.3. The Hall–Kier alpha value is -5.64. The summed E-state index contributed by atoms with van der Waals surface area (Å²) in [7, 11) is 0. The molecule has 0 spiro atoms. The first kappa shape index (κ1) is 40.5. The van der Waals surface area contributed by atoms with Gasteiger partial charge in [-0.3, -0.25) is 19.5 Å². The molecule has 0 saturated carbocycles. The van der Waals surface area contributed by atoms with E-state index >= 15 is 0 Å². The molecule has 3 amide bonds. The number of aryl methyl sites for hydroxylation is 1. The number of Topliss-reactive ketones (excluding diaryl/α,β-unsaturated/α-hetero) is 1. The fourth-order valence-electron chi connectivity index (χ4n) is 5.90. The Kier molecular flexibility index (Phi) is 11.5. The summed E-state index contributed by atoms with van der Waals surface area (Å²) >= 11 is 0. The van der Waals surface area contributed by atoms with Crippen LogP contribution in [0.4, 0.5) is 31.1 Å². The smallest absolute Gasteiger partial charge is 0.430 e. The summed E-state index contributed by atoms with van der Waals surface area (Å²) in [6.45, 7) is 6.03. The number of ketones is 1. The fourth-order valence-corrected chi connectivity index (χ4v) is 5.90. The van der Waals surface area contributed by atoms with E-state index in [4.69, 9.17) is 14.2 Å². The number of carbonyl (C=O) groups excluding carboxylic acids is 3. The van der Waals surface area contributed by atoms with Gasteiger partial charge in [0.05, 0.1) is 30.1 Å². The van der Waals surface area contributed by atoms with Crippen molar-refractivity contribution in [3.05, 3.63) is 113 Å². The van der Waals surface area contributed by atoms with Gasteiger partial charge in [-0.15, -0.1) is 0 Å². The number of hydrogen-bond donors (Lipinski definition) is 2. The number of halogens is 6. The zero-order valence-electron chi connectivity index (χ0n) is 30.0. The lowest BCUT2D eigenvalue weighted by Crippen LogP contribution is -2.53. The number of rotatable bonds is 14. The molecule has 0 radical (unpaired) electrons. The van der Waals surface area contributed by atoms with E-state index in [0.717, 1.165) is 11.0 Å². The number of aliphatic hydroxyl groups is 1. The number of ether oxygens (including phenoxy) is 3. The summed E-state index contributed by atoms with van der Waals surface area (Å²) in [6, 6.07) is 17.0. The maximum atomic E-state index is 13.8. The number of alkyl halides is 6. The molecule has 292 valence electrons. The number of imide groups is 1. The van der Waals surface area contributed by atoms with Gasteiger partial charge in [0.1, 0.15) is 29.6 Å². The van der Waals surface area contributed by atoms with Crippen LogP contribution in [0.3, 0.4) is 0 Å². The molecule has 2 N–H and O–H groups in total. The maximum Gasteiger partial charge on any atom is 0.430 e. The van der Waals surface area contributed by atoms with Crippen LogP contribution in [0.25, 0.3) is 0 Å². The number of aromatic nitrogens is 1. The fraction of sp³-hybridized carbons (Fsp3) is 0.333. The third kappa shape index (κ3) is 8.38. The Morgan fingerprint density at radius 1 is 0.909 bits per heavy atom. The Morgan fingerprint density at radius 3 is 2.18 bits per heavy atom. The molecule has 1 aromatic heterocycles. The van der Waals surface area contributed by atoms with Crippen LogP contribution in [0.2, 0.25) is 0 Å². The quantitative estimate of drug-likeness (QED) is 0.0747. The van der Waals surface area contributed by atoms with Crippen molar-refractivity contribution in [2.75, 3.05) is 6.54 Å². The van der Waals surface area contributed by atoms with Crippen molar-refractivity contribution in [1.29, 1.82) is 0 Å². The lowest BCUT2D eigenvalue weighted by Gasteiger charge is -2.33. The molecule has 1 fully saturated rings. The number of pyridine rings is 1. The molecule has 1 aliphatic heterocycles. The predicted molar refractivity (Wildman–Crippen MR) is 186 cm³/mol. The first-order valence-corrected chi connectivity index (χ1v) is 17.1. The molecule has 2 heterocycles. The number of carbonyl (C=O) groups is 3. The van der Waals surface area contributed by atoms with Gasteiger partial charge in [0.15, 0.2) is 11.3 Å². The van der Waals surface area contributed by atoms with E-state index in [1.54, 1.807) is 43.3 Å². The minimum Gasteiger partial charge on any atom is -0.489 e. The number of nitrogens with one attached hydrogen (secondary N) is 1. The highest BCUT2D eigenvalue weighted by molar-refractivity contribution is 6.11. The molecular weight excluding hydrogens is 736 g/mol. The second-order valence-corrected chi connectivity index (χ2v) is 13.2. The van der Waals surface area contributed by atoms with Gasteiger partial charge in [-0.1, -0.05) is 49.7 Å². The SMILES string of the molecule is CCCc1cc(C(O)(C(F)(F)F)C(F)(F)F)ccc1Oc1ccc(C(=O)CN2C(=O)NC(C)(c3ccc(OC(C)C)cn3)C2=O)c(OCc2ccccc2)c1. The molecule has 1 atom stereocenters. The summed E-state index contributed by atoms with van der Waals surface area (Å²) < 4.78 is 99.3. The molecule has 55 heavy (non-hydrogen) atoms. The highest BCUT2D eigenvalue weighted by Gasteiger charge is 2.71. The van der Waals surface area contributed by atoms with E-state index in [9.17, 15) is 45.8 Å². The second-order valence-electron chi connectivity index (χ2n) is 13.2. The van der Waals surface area contributed by atoms with Crippen molar-refractivity contribution in [3.63, 3.8) is 0 Å². The van der Waals surface area contributed by atoms with Crippen molar-refractivity contribution >= 4 is 17.7 Å². The predicted octanol–water partition coefficient (Wildman–Crippen LogP) is 8.15. The van der Waals surface area contributed by atoms with E-state index in [2.05, 4.69) is 10.3 Å². The normalized spacial score (nSPS) is 16.3. The molecule has 0 bridgehead atoms. The van der Waals surface area contributed by atoms with Crippen LogP contribution in [0.5, 0.6) is 23.0 Å². The monoisotopic (exact) mass is 773 g/mol. The summed E-state index contributed by atoms with van der Waals surface area (Å²) in [5, 5.41) is 12.6. The highest BCUT2D eigenvalue weighted by Crippen LogP contribution is 2.51. The molecule has 5 rings (SSSR count). The van der Waals surface area contributed by atoms with Gasteiger partial charge >= 0.3 is 18.4 Å². The number of amides is 3. The summed E-state index contributed by atoms with van der Waals surface area (Å²) in [5.74, 6) is -1.16. The van der Waals surface area contributed by atoms with Gasteiger partial charge < -0.3 is 24.6 Å². The number of nitrogens with zero attached hydrogens (tertiary/aromatic N) is 2. The van der Waals surface area contributed by atoms with E-state index in [-0.39, 0.29) is 53.2 Å². The van der Waals surface area contributed by atoms with Crippen LogP contribution < -0.4 is 19.5 Å². The van der Waals surface area contributed by atoms with Gasteiger partial charge in [-0.2, -0.15) is 26.3 Å². The average Bonchev–Trinajstić information content (AvgIpc) is 3.34. The second kappa shape index (κ2) is 15.6. The van der Waals surface area contributed by atoms with Gasteiger partial charge in [0.2, 0.25) is 0 Å². The molecule has 0 aliphatic carbocycles. The van der Waals surface area contributed by atoms with Crippen LogP contribution >= 0.6 is 0 Å². The zero-order valence-corrected chi connectivity index (χ0v) is 30.0. The maximum absolute atomic E-state index is 13.8. The lowest BCUT2D eigenvalue weighted by atomic mass is 9.90. The van der Waals surface area contributed by atoms with Crippen LogP contribution in [0, 0.1) is 0 Å². The Morgan fingerprint density at radius 2 is 1.58 bits per heavy atom. The molecule has 4 aromatic rings. The molecular formula is C39H37F6N3O7. The van der Waals surface area contributed by atoms with Crippen molar-refractivity contribution in [3.8, 4) is 23.0 Å². The summed E-state index contributed by atoms with van der Waals surface area (Å²) in [4.78, 5) is 45.5. The van der Waals surface area contributed by atoms with Crippen molar-refractivity contribution in [1.82, 2.24) is 15.2 Å². The summed E-state index contributed by atoms with van der Waals surface area (Å²) in [6.07, 6.45) is -10.6. The third-order valence-corrected chi connectivity index (χ3v) is 8.73.